The third-order valence-corrected chi connectivity index (χ3v) is 4.82. The molecular formula is C9H12ClN3O2S. The lowest BCUT2D eigenvalue weighted by molar-refractivity contribution is 0.511. The smallest absolute Gasteiger partial charge is 0.303 e. The van der Waals surface area contributed by atoms with Crippen LogP contribution in [-0.4, -0.2) is 32.9 Å². The normalized spacial score (nSPS) is 20.2. The summed E-state index contributed by atoms with van der Waals surface area (Å²) < 4.78 is 26.4. The van der Waals surface area contributed by atoms with Crippen LogP contribution in [0.1, 0.15) is 0 Å². The molecule has 1 saturated heterocycles. The third kappa shape index (κ3) is 1.73. The van der Waals surface area contributed by atoms with Gasteiger partial charge in [0.2, 0.25) is 0 Å². The van der Waals surface area contributed by atoms with Crippen molar-refractivity contribution in [3.05, 3.63) is 23.2 Å². The highest BCUT2D eigenvalue weighted by molar-refractivity contribution is 7.90. The Kier molecular flexibility index (Phi) is 2.73. The van der Waals surface area contributed by atoms with Crippen molar-refractivity contribution in [3.8, 4) is 0 Å². The minimum atomic E-state index is -3.38. The van der Waals surface area contributed by atoms with E-state index in [1.54, 1.807) is 25.2 Å². The number of likely N-dealkylation sites (N-methyl/N-ethyl adjacent to an activating group) is 1. The van der Waals surface area contributed by atoms with Crippen LogP contribution in [0.15, 0.2) is 18.2 Å². The van der Waals surface area contributed by atoms with Crippen LogP contribution in [0, 0.1) is 0 Å². The number of nitrogens with two attached hydrogens (primary N) is 1. The Labute approximate surface area is 99.6 Å². The minimum Gasteiger partial charge on any atom is -0.397 e. The number of halogens is 1. The SMILES string of the molecule is CN1CCN(c2ccc(Cl)c(N)c2)S1(=O)=O. The standard InChI is InChI=1S/C9H12ClN3O2S/c1-12-4-5-13(16(12,14)15)7-2-3-8(10)9(11)6-7/h2-3,6H,4-5,11H2,1H3. The summed E-state index contributed by atoms with van der Waals surface area (Å²) in [4.78, 5) is 0. The van der Waals surface area contributed by atoms with Gasteiger partial charge in [-0.05, 0) is 18.2 Å². The van der Waals surface area contributed by atoms with Crippen molar-refractivity contribution in [2.45, 2.75) is 0 Å². The zero-order chi connectivity index (χ0) is 11.9. The topological polar surface area (TPSA) is 66.6 Å². The van der Waals surface area contributed by atoms with Gasteiger partial charge < -0.3 is 5.73 Å². The number of benzene rings is 1. The summed E-state index contributed by atoms with van der Waals surface area (Å²) >= 11 is 5.78. The predicted octanol–water partition coefficient (Wildman–Crippen LogP) is 0.919. The molecule has 16 heavy (non-hydrogen) atoms. The van der Waals surface area contributed by atoms with Crippen molar-refractivity contribution in [1.29, 1.82) is 0 Å². The quantitative estimate of drug-likeness (QED) is 0.765. The van der Waals surface area contributed by atoms with E-state index in [1.165, 1.54) is 8.61 Å². The molecule has 0 bridgehead atoms. The van der Waals surface area contributed by atoms with E-state index in [4.69, 9.17) is 17.3 Å². The van der Waals surface area contributed by atoms with E-state index in [2.05, 4.69) is 0 Å². The first kappa shape index (κ1) is 11.5. The molecule has 1 aliphatic heterocycles. The second kappa shape index (κ2) is 3.80. The van der Waals surface area contributed by atoms with Gasteiger partial charge in [0.15, 0.2) is 0 Å². The summed E-state index contributed by atoms with van der Waals surface area (Å²) in [5, 5.41) is 0.425. The predicted molar refractivity (Wildman–Crippen MR) is 64.8 cm³/mol. The lowest BCUT2D eigenvalue weighted by Gasteiger charge is -2.18. The Hall–Kier alpha value is -0.980. The molecule has 0 unspecified atom stereocenters. The Morgan fingerprint density at radius 2 is 2.06 bits per heavy atom. The molecule has 2 N–H and O–H groups in total. The maximum absolute atomic E-state index is 11.9. The average molecular weight is 262 g/mol. The molecule has 0 spiro atoms. The molecule has 7 heteroatoms. The number of nitrogens with zero attached hydrogens (tertiary/aromatic N) is 2. The van der Waals surface area contributed by atoms with E-state index >= 15 is 0 Å². The summed E-state index contributed by atoms with van der Waals surface area (Å²) in [6.45, 7) is 0.908. The van der Waals surface area contributed by atoms with Crippen molar-refractivity contribution >= 4 is 33.2 Å². The maximum atomic E-state index is 11.9. The van der Waals surface area contributed by atoms with Gasteiger partial charge in [-0.2, -0.15) is 12.7 Å². The van der Waals surface area contributed by atoms with E-state index in [0.29, 0.717) is 29.5 Å². The van der Waals surface area contributed by atoms with Crippen molar-refractivity contribution in [2.24, 2.45) is 0 Å². The van der Waals surface area contributed by atoms with Gasteiger partial charge in [-0.15, -0.1) is 0 Å². The summed E-state index contributed by atoms with van der Waals surface area (Å²) in [6.07, 6.45) is 0. The molecule has 2 rings (SSSR count). The number of rotatable bonds is 1. The fourth-order valence-corrected chi connectivity index (χ4v) is 3.04. The fraction of sp³-hybridized carbons (Fsp3) is 0.333. The number of hydrogen-bond acceptors (Lipinski definition) is 3. The Morgan fingerprint density at radius 3 is 2.56 bits per heavy atom. The third-order valence-electron chi connectivity index (χ3n) is 2.56. The molecule has 0 atom stereocenters. The molecule has 0 saturated carbocycles. The van der Waals surface area contributed by atoms with Crippen molar-refractivity contribution < 1.29 is 8.42 Å². The number of anilines is 2. The van der Waals surface area contributed by atoms with Crippen LogP contribution in [0.3, 0.4) is 0 Å². The fourth-order valence-electron chi connectivity index (χ4n) is 1.58. The first-order valence-electron chi connectivity index (χ1n) is 4.72. The van der Waals surface area contributed by atoms with Gasteiger partial charge in [-0.1, -0.05) is 11.6 Å². The summed E-state index contributed by atoms with van der Waals surface area (Å²) in [5.74, 6) is 0. The minimum absolute atomic E-state index is 0.379. The van der Waals surface area contributed by atoms with Gasteiger partial charge >= 0.3 is 10.2 Å². The van der Waals surface area contributed by atoms with Crippen LogP contribution in [0.25, 0.3) is 0 Å². The van der Waals surface area contributed by atoms with E-state index in [0.717, 1.165) is 0 Å². The number of hydrogen-bond donors (Lipinski definition) is 1. The van der Waals surface area contributed by atoms with Crippen molar-refractivity contribution in [1.82, 2.24) is 4.31 Å². The largest absolute Gasteiger partial charge is 0.397 e. The zero-order valence-electron chi connectivity index (χ0n) is 8.72. The second-order valence-electron chi connectivity index (χ2n) is 3.61. The van der Waals surface area contributed by atoms with Crippen LogP contribution >= 0.6 is 11.6 Å². The molecule has 1 heterocycles. The lowest BCUT2D eigenvalue weighted by atomic mass is 10.3. The highest BCUT2D eigenvalue weighted by Crippen LogP contribution is 2.29. The molecule has 1 aromatic rings. The van der Waals surface area contributed by atoms with E-state index in [9.17, 15) is 8.42 Å². The molecule has 0 amide bonds. The van der Waals surface area contributed by atoms with Crippen LogP contribution in [0.2, 0.25) is 5.02 Å². The van der Waals surface area contributed by atoms with Gasteiger partial charge in [-0.3, -0.25) is 4.31 Å². The van der Waals surface area contributed by atoms with Gasteiger partial charge in [0.05, 0.1) is 16.4 Å². The molecule has 0 aromatic heterocycles. The molecule has 1 aromatic carbocycles. The van der Waals surface area contributed by atoms with E-state index in [-0.39, 0.29) is 0 Å². The highest BCUT2D eigenvalue weighted by atomic mass is 35.5. The van der Waals surface area contributed by atoms with Crippen LogP contribution in [0.5, 0.6) is 0 Å². The first-order chi connectivity index (χ1) is 7.43. The van der Waals surface area contributed by atoms with E-state index < -0.39 is 10.2 Å². The van der Waals surface area contributed by atoms with Crippen LogP contribution < -0.4 is 10.0 Å². The van der Waals surface area contributed by atoms with Crippen LogP contribution in [0.4, 0.5) is 11.4 Å². The highest BCUT2D eigenvalue weighted by Gasteiger charge is 2.33. The molecule has 5 nitrogen and oxygen atoms in total. The monoisotopic (exact) mass is 261 g/mol. The second-order valence-corrected chi connectivity index (χ2v) is 5.97. The molecule has 0 radical (unpaired) electrons. The zero-order valence-corrected chi connectivity index (χ0v) is 10.3. The summed E-state index contributed by atoms with van der Waals surface area (Å²) in [7, 11) is -1.83. The first-order valence-corrected chi connectivity index (χ1v) is 6.49. The molecule has 1 fully saturated rings. The molecule has 1 aliphatic rings. The molecule has 88 valence electrons. The van der Waals surface area contributed by atoms with Crippen molar-refractivity contribution in [2.75, 3.05) is 30.2 Å². The lowest BCUT2D eigenvalue weighted by Crippen LogP contribution is -2.30. The van der Waals surface area contributed by atoms with Crippen molar-refractivity contribution in [3.63, 3.8) is 0 Å². The van der Waals surface area contributed by atoms with Gasteiger partial charge in [0.1, 0.15) is 0 Å². The Bertz CT molecular complexity index is 517. The summed E-state index contributed by atoms with van der Waals surface area (Å²) in [5.41, 5.74) is 6.57. The summed E-state index contributed by atoms with van der Waals surface area (Å²) in [6, 6.07) is 4.81. The average Bonchev–Trinajstić information content (AvgIpc) is 2.47. The van der Waals surface area contributed by atoms with Gasteiger partial charge in [0, 0.05) is 20.1 Å². The Balaban J connectivity index is 2.43. The van der Waals surface area contributed by atoms with Gasteiger partial charge in [0.25, 0.3) is 0 Å². The van der Waals surface area contributed by atoms with Gasteiger partial charge in [-0.25, -0.2) is 0 Å². The number of nitrogen functional groups attached to an aromatic ring is 1. The molecule has 0 aliphatic carbocycles. The maximum Gasteiger partial charge on any atom is 0.303 e. The molecular weight excluding hydrogens is 250 g/mol. The van der Waals surface area contributed by atoms with Crippen LogP contribution in [-0.2, 0) is 10.2 Å². The Morgan fingerprint density at radius 1 is 1.38 bits per heavy atom. The van der Waals surface area contributed by atoms with E-state index in [1.807, 2.05) is 0 Å².